The zero-order valence-corrected chi connectivity index (χ0v) is 18.9. The van der Waals surface area contributed by atoms with Crippen LogP contribution in [0.3, 0.4) is 0 Å². The summed E-state index contributed by atoms with van der Waals surface area (Å²) >= 11 is 6.05. The maximum Gasteiger partial charge on any atom is 0.278 e. The number of para-hydroxylation sites is 1. The molecule has 3 aromatic carbocycles. The Bertz CT molecular complexity index is 1230. The number of nitrogens with one attached hydrogen (secondary N) is 1. The smallest absolute Gasteiger partial charge is 0.278 e. The molecule has 0 unspecified atom stereocenters. The van der Waals surface area contributed by atoms with Crippen LogP contribution in [0.25, 0.3) is 5.57 Å². The normalized spacial score (nSPS) is 13.7. The van der Waals surface area contributed by atoms with Gasteiger partial charge in [-0.3, -0.25) is 14.5 Å². The van der Waals surface area contributed by atoms with E-state index in [-0.39, 0.29) is 24.1 Å². The summed E-state index contributed by atoms with van der Waals surface area (Å²) in [6.07, 6.45) is 0. The molecule has 0 atom stereocenters. The first-order chi connectivity index (χ1) is 15.4. The van der Waals surface area contributed by atoms with Gasteiger partial charge in [-0.15, -0.1) is 0 Å². The third-order valence-corrected chi connectivity index (χ3v) is 5.73. The maximum absolute atomic E-state index is 13.5. The molecule has 3 aromatic rings. The highest BCUT2D eigenvalue weighted by molar-refractivity contribution is 6.36. The van der Waals surface area contributed by atoms with Gasteiger partial charge in [0.2, 0.25) is 0 Å². The second-order valence-corrected chi connectivity index (χ2v) is 8.15. The average Bonchev–Trinajstić information content (AvgIpc) is 3.01. The number of halogens is 1. The number of hydrogen-bond acceptors (Lipinski definition) is 4. The first-order valence-corrected chi connectivity index (χ1v) is 10.6. The number of rotatable bonds is 6. The van der Waals surface area contributed by atoms with E-state index >= 15 is 0 Å². The molecule has 5 nitrogen and oxygen atoms in total. The van der Waals surface area contributed by atoms with Crippen LogP contribution in [0.15, 0.2) is 72.4 Å². The van der Waals surface area contributed by atoms with Crippen molar-refractivity contribution in [3.63, 3.8) is 0 Å². The van der Waals surface area contributed by atoms with Crippen LogP contribution in [-0.4, -0.2) is 23.8 Å². The molecule has 0 saturated carbocycles. The molecule has 0 fully saturated rings. The molecule has 1 heterocycles. The molecule has 4 rings (SSSR count). The lowest BCUT2D eigenvalue weighted by atomic mass is 10.0. The van der Waals surface area contributed by atoms with Crippen molar-refractivity contribution in [2.24, 2.45) is 0 Å². The largest absolute Gasteiger partial charge is 0.496 e. The van der Waals surface area contributed by atoms with Gasteiger partial charge in [0.15, 0.2) is 0 Å². The van der Waals surface area contributed by atoms with Gasteiger partial charge in [0, 0.05) is 16.3 Å². The van der Waals surface area contributed by atoms with Gasteiger partial charge >= 0.3 is 0 Å². The minimum Gasteiger partial charge on any atom is -0.496 e. The summed E-state index contributed by atoms with van der Waals surface area (Å²) in [7, 11) is 1.57. The molecule has 0 aromatic heterocycles. The van der Waals surface area contributed by atoms with Gasteiger partial charge in [-0.05, 0) is 54.8 Å². The third kappa shape index (κ3) is 4.12. The number of anilines is 1. The zero-order chi connectivity index (χ0) is 22.8. The van der Waals surface area contributed by atoms with Gasteiger partial charge in [-0.25, -0.2) is 0 Å². The number of carbonyl (C=O) groups excluding carboxylic acids is 2. The molecule has 162 valence electrons. The first kappa shape index (κ1) is 21.7. The quantitative estimate of drug-likeness (QED) is 0.518. The Balaban J connectivity index is 1.78. The van der Waals surface area contributed by atoms with Crippen molar-refractivity contribution < 1.29 is 14.3 Å². The number of amides is 2. The lowest BCUT2D eigenvalue weighted by molar-refractivity contribution is -0.137. The number of benzene rings is 3. The van der Waals surface area contributed by atoms with E-state index in [0.29, 0.717) is 21.9 Å². The number of nitrogens with zero attached hydrogens (tertiary/aromatic N) is 1. The SMILES string of the molecule is COc1ccccc1CN1C(=O)C(Nc2cc(C)ccc2C)=C(c2ccc(Cl)cc2)C1=O. The Morgan fingerprint density at radius 1 is 0.938 bits per heavy atom. The number of hydrogen-bond donors (Lipinski definition) is 1. The number of ether oxygens (including phenoxy) is 1. The maximum atomic E-state index is 13.5. The van der Waals surface area contributed by atoms with Crippen molar-refractivity contribution in [3.05, 3.63) is 99.7 Å². The first-order valence-electron chi connectivity index (χ1n) is 10.2. The molecule has 0 saturated heterocycles. The number of carbonyl (C=O) groups is 2. The van der Waals surface area contributed by atoms with Crippen molar-refractivity contribution in [1.29, 1.82) is 0 Å². The van der Waals surface area contributed by atoms with E-state index in [2.05, 4.69) is 5.32 Å². The Morgan fingerprint density at radius 3 is 2.38 bits per heavy atom. The zero-order valence-electron chi connectivity index (χ0n) is 18.1. The van der Waals surface area contributed by atoms with Crippen LogP contribution in [0.1, 0.15) is 22.3 Å². The molecule has 0 aliphatic carbocycles. The second kappa shape index (κ2) is 8.89. The minimum atomic E-state index is -0.383. The van der Waals surface area contributed by atoms with Crippen LogP contribution in [-0.2, 0) is 16.1 Å². The molecule has 32 heavy (non-hydrogen) atoms. The number of imide groups is 1. The van der Waals surface area contributed by atoms with E-state index in [0.717, 1.165) is 22.4 Å². The van der Waals surface area contributed by atoms with Crippen LogP contribution in [0.2, 0.25) is 5.02 Å². The van der Waals surface area contributed by atoms with Gasteiger partial charge < -0.3 is 10.1 Å². The van der Waals surface area contributed by atoms with Crippen molar-refractivity contribution in [2.45, 2.75) is 20.4 Å². The molecule has 1 N–H and O–H groups in total. The number of aryl methyl sites for hydroxylation is 2. The molecule has 6 heteroatoms. The summed E-state index contributed by atoms with van der Waals surface area (Å²) in [6.45, 7) is 4.05. The van der Waals surface area contributed by atoms with Crippen molar-refractivity contribution in [1.82, 2.24) is 4.90 Å². The lowest BCUT2D eigenvalue weighted by Gasteiger charge is -2.17. The fourth-order valence-corrected chi connectivity index (χ4v) is 3.86. The highest BCUT2D eigenvalue weighted by atomic mass is 35.5. The Morgan fingerprint density at radius 2 is 1.66 bits per heavy atom. The van der Waals surface area contributed by atoms with Crippen LogP contribution < -0.4 is 10.1 Å². The Hall–Kier alpha value is -3.57. The highest BCUT2D eigenvalue weighted by Gasteiger charge is 2.39. The molecule has 1 aliphatic heterocycles. The predicted octanol–water partition coefficient (Wildman–Crippen LogP) is 5.36. The van der Waals surface area contributed by atoms with Gasteiger partial charge in [-0.2, -0.15) is 0 Å². The van der Waals surface area contributed by atoms with Crippen LogP contribution in [0.4, 0.5) is 5.69 Å². The molecule has 0 bridgehead atoms. The topological polar surface area (TPSA) is 58.6 Å². The molecule has 0 spiro atoms. The van der Waals surface area contributed by atoms with Gasteiger partial charge in [0.25, 0.3) is 11.8 Å². The Kier molecular flexibility index (Phi) is 6.01. The predicted molar refractivity (Wildman–Crippen MR) is 126 cm³/mol. The number of methoxy groups -OCH3 is 1. The summed E-state index contributed by atoms with van der Waals surface area (Å²) < 4.78 is 5.41. The third-order valence-electron chi connectivity index (χ3n) is 5.47. The highest BCUT2D eigenvalue weighted by Crippen LogP contribution is 2.34. The fraction of sp³-hybridized carbons (Fsp3) is 0.154. The van der Waals surface area contributed by atoms with Crippen LogP contribution in [0.5, 0.6) is 5.75 Å². The van der Waals surface area contributed by atoms with Gasteiger partial charge in [0.1, 0.15) is 11.4 Å². The summed E-state index contributed by atoms with van der Waals surface area (Å²) in [5.41, 5.74) is 4.76. The molecule has 0 radical (unpaired) electrons. The minimum absolute atomic E-state index is 0.108. The molecule has 2 amide bonds. The summed E-state index contributed by atoms with van der Waals surface area (Å²) in [5, 5.41) is 3.80. The van der Waals surface area contributed by atoms with Gasteiger partial charge in [-0.1, -0.05) is 54.1 Å². The summed E-state index contributed by atoms with van der Waals surface area (Å²) in [6, 6.07) is 20.2. The standard InChI is InChI=1S/C26H23ClN2O3/c1-16-8-9-17(2)21(14-16)28-24-23(18-10-12-20(27)13-11-18)25(30)29(26(24)31)15-19-6-4-5-7-22(19)32-3/h4-14,28H,15H2,1-3H3. The van der Waals surface area contributed by atoms with E-state index in [1.54, 1.807) is 31.4 Å². The molecular formula is C26H23ClN2O3. The van der Waals surface area contributed by atoms with E-state index in [4.69, 9.17) is 16.3 Å². The van der Waals surface area contributed by atoms with Crippen LogP contribution in [0, 0.1) is 13.8 Å². The lowest BCUT2D eigenvalue weighted by Crippen LogP contribution is -2.32. The van der Waals surface area contributed by atoms with Crippen molar-refractivity contribution >= 4 is 34.7 Å². The van der Waals surface area contributed by atoms with E-state index in [9.17, 15) is 9.59 Å². The average molecular weight is 447 g/mol. The van der Waals surface area contributed by atoms with E-state index in [1.807, 2.05) is 56.3 Å². The molecule has 1 aliphatic rings. The van der Waals surface area contributed by atoms with Crippen molar-refractivity contribution in [3.8, 4) is 5.75 Å². The summed E-state index contributed by atoms with van der Waals surface area (Å²) in [5.74, 6) is -0.125. The molecular weight excluding hydrogens is 424 g/mol. The monoisotopic (exact) mass is 446 g/mol. The van der Waals surface area contributed by atoms with Crippen molar-refractivity contribution in [2.75, 3.05) is 12.4 Å². The van der Waals surface area contributed by atoms with Gasteiger partial charge in [0.05, 0.1) is 19.2 Å². The summed E-state index contributed by atoms with van der Waals surface area (Å²) in [4.78, 5) is 28.2. The van der Waals surface area contributed by atoms with E-state index < -0.39 is 0 Å². The van der Waals surface area contributed by atoms with E-state index in [1.165, 1.54) is 4.90 Å². The second-order valence-electron chi connectivity index (χ2n) is 7.71. The van der Waals surface area contributed by atoms with Crippen LogP contribution >= 0.6 is 11.6 Å². The fourth-order valence-electron chi connectivity index (χ4n) is 3.73. The Labute approximate surface area is 192 Å².